The number of rotatable bonds is 3. The normalized spacial score (nSPS) is 20.1. The Morgan fingerprint density at radius 1 is 1.59 bits per heavy atom. The van der Waals surface area contributed by atoms with E-state index in [0.29, 0.717) is 12.5 Å². The van der Waals surface area contributed by atoms with Crippen molar-refractivity contribution in [3.05, 3.63) is 0 Å². The van der Waals surface area contributed by atoms with E-state index < -0.39 is 5.60 Å². The zero-order valence-electron chi connectivity index (χ0n) is 11.0. The van der Waals surface area contributed by atoms with E-state index in [4.69, 9.17) is 11.2 Å². The molecule has 1 heterocycles. The SMILES string of the molecule is C#CCNCC1CCN(C(=O)OC(C)(C)C)C1. The highest BCUT2D eigenvalue weighted by Crippen LogP contribution is 2.18. The Bertz CT molecular complexity index is 302. The first-order chi connectivity index (χ1) is 7.92. The molecule has 0 spiro atoms. The second-order valence-corrected chi connectivity index (χ2v) is 5.42. The van der Waals surface area contributed by atoms with Gasteiger partial charge in [0.05, 0.1) is 6.54 Å². The summed E-state index contributed by atoms with van der Waals surface area (Å²) >= 11 is 0. The number of ether oxygens (including phenoxy) is 1. The lowest BCUT2D eigenvalue weighted by molar-refractivity contribution is 0.0288. The molecule has 1 fully saturated rings. The van der Waals surface area contributed by atoms with E-state index in [1.54, 1.807) is 4.90 Å². The molecule has 1 aliphatic rings. The minimum absolute atomic E-state index is 0.211. The lowest BCUT2D eigenvalue weighted by Gasteiger charge is -2.24. The summed E-state index contributed by atoms with van der Waals surface area (Å²) in [6, 6.07) is 0. The third-order valence-corrected chi connectivity index (χ3v) is 2.60. The highest BCUT2D eigenvalue weighted by Gasteiger charge is 2.29. The molecule has 0 aromatic rings. The molecular formula is C13H22N2O2. The smallest absolute Gasteiger partial charge is 0.410 e. The van der Waals surface area contributed by atoms with Gasteiger partial charge in [-0.1, -0.05) is 5.92 Å². The predicted molar refractivity (Wildman–Crippen MR) is 67.6 cm³/mol. The molecule has 1 rings (SSSR count). The molecule has 1 saturated heterocycles. The first-order valence-electron chi connectivity index (χ1n) is 6.04. The van der Waals surface area contributed by atoms with Gasteiger partial charge in [0.1, 0.15) is 5.60 Å². The van der Waals surface area contributed by atoms with Gasteiger partial charge in [-0.2, -0.15) is 0 Å². The molecular weight excluding hydrogens is 216 g/mol. The Kier molecular flexibility index (Phi) is 4.83. The molecule has 1 atom stereocenters. The fourth-order valence-corrected chi connectivity index (χ4v) is 1.84. The van der Waals surface area contributed by atoms with E-state index in [1.807, 2.05) is 20.8 Å². The number of carbonyl (C=O) groups excluding carboxylic acids is 1. The van der Waals surface area contributed by atoms with E-state index in [1.165, 1.54) is 0 Å². The van der Waals surface area contributed by atoms with Crippen LogP contribution in [0, 0.1) is 18.3 Å². The van der Waals surface area contributed by atoms with Gasteiger partial charge in [-0.25, -0.2) is 4.79 Å². The molecule has 17 heavy (non-hydrogen) atoms. The number of carbonyl (C=O) groups is 1. The monoisotopic (exact) mass is 238 g/mol. The highest BCUT2D eigenvalue weighted by atomic mass is 16.6. The number of hydrogen-bond donors (Lipinski definition) is 1. The second-order valence-electron chi connectivity index (χ2n) is 5.42. The average molecular weight is 238 g/mol. The van der Waals surface area contributed by atoms with Gasteiger partial charge in [0.25, 0.3) is 0 Å². The molecule has 0 aromatic heterocycles. The van der Waals surface area contributed by atoms with Crippen LogP contribution in [0.4, 0.5) is 4.79 Å². The van der Waals surface area contributed by atoms with Crippen molar-refractivity contribution < 1.29 is 9.53 Å². The summed E-state index contributed by atoms with van der Waals surface area (Å²) in [6.45, 7) is 8.63. The summed E-state index contributed by atoms with van der Waals surface area (Å²) in [6.07, 6.45) is 5.96. The van der Waals surface area contributed by atoms with E-state index in [0.717, 1.165) is 26.1 Å². The van der Waals surface area contributed by atoms with Crippen molar-refractivity contribution in [2.45, 2.75) is 32.8 Å². The van der Waals surface area contributed by atoms with Crippen molar-refractivity contribution in [2.24, 2.45) is 5.92 Å². The standard InChI is InChI=1S/C13H22N2O2/c1-5-7-14-9-11-6-8-15(10-11)12(16)17-13(2,3)4/h1,11,14H,6-10H2,2-4H3. The number of nitrogens with one attached hydrogen (secondary N) is 1. The van der Waals surface area contributed by atoms with E-state index in [2.05, 4.69) is 11.2 Å². The highest BCUT2D eigenvalue weighted by molar-refractivity contribution is 5.68. The molecule has 0 bridgehead atoms. The fraction of sp³-hybridized carbons (Fsp3) is 0.769. The zero-order valence-corrected chi connectivity index (χ0v) is 11.0. The Hall–Kier alpha value is -1.21. The summed E-state index contributed by atoms with van der Waals surface area (Å²) in [7, 11) is 0. The summed E-state index contributed by atoms with van der Waals surface area (Å²) in [5.41, 5.74) is -0.420. The van der Waals surface area contributed by atoms with Crippen LogP contribution >= 0.6 is 0 Å². The summed E-state index contributed by atoms with van der Waals surface area (Å²) in [5, 5.41) is 3.17. The van der Waals surface area contributed by atoms with E-state index in [9.17, 15) is 4.79 Å². The van der Waals surface area contributed by atoms with Gasteiger partial charge < -0.3 is 15.0 Å². The molecule has 96 valence electrons. The van der Waals surface area contributed by atoms with Crippen LogP contribution in [0.2, 0.25) is 0 Å². The van der Waals surface area contributed by atoms with Crippen LogP contribution in [-0.4, -0.2) is 42.8 Å². The summed E-state index contributed by atoms with van der Waals surface area (Å²) in [5.74, 6) is 3.02. The molecule has 1 N–H and O–H groups in total. The Labute approximate surface area is 104 Å². The van der Waals surface area contributed by atoms with Gasteiger partial charge in [-0.05, 0) is 33.1 Å². The van der Waals surface area contributed by atoms with Crippen molar-refractivity contribution in [3.63, 3.8) is 0 Å². The lowest BCUT2D eigenvalue weighted by Crippen LogP contribution is -2.36. The maximum atomic E-state index is 11.8. The van der Waals surface area contributed by atoms with Crippen LogP contribution in [0.1, 0.15) is 27.2 Å². The second kappa shape index (κ2) is 5.92. The molecule has 0 aromatic carbocycles. The fourth-order valence-electron chi connectivity index (χ4n) is 1.84. The topological polar surface area (TPSA) is 41.6 Å². The van der Waals surface area contributed by atoms with E-state index >= 15 is 0 Å². The van der Waals surface area contributed by atoms with Crippen molar-refractivity contribution in [3.8, 4) is 12.3 Å². The number of amides is 1. The van der Waals surface area contributed by atoms with Gasteiger partial charge >= 0.3 is 6.09 Å². The van der Waals surface area contributed by atoms with Gasteiger partial charge in [0.2, 0.25) is 0 Å². The minimum atomic E-state index is -0.420. The molecule has 0 aliphatic carbocycles. The van der Waals surface area contributed by atoms with Crippen molar-refractivity contribution >= 4 is 6.09 Å². The van der Waals surface area contributed by atoms with E-state index in [-0.39, 0.29) is 6.09 Å². The maximum Gasteiger partial charge on any atom is 0.410 e. The van der Waals surface area contributed by atoms with Crippen molar-refractivity contribution in [2.75, 3.05) is 26.2 Å². The molecule has 4 nitrogen and oxygen atoms in total. The van der Waals surface area contributed by atoms with Crippen LogP contribution in [0.15, 0.2) is 0 Å². The van der Waals surface area contributed by atoms with Crippen molar-refractivity contribution in [1.82, 2.24) is 10.2 Å². The number of nitrogens with zero attached hydrogens (tertiary/aromatic N) is 1. The van der Waals surface area contributed by atoms with Crippen LogP contribution in [0.25, 0.3) is 0 Å². The quantitative estimate of drug-likeness (QED) is 0.598. The lowest BCUT2D eigenvalue weighted by atomic mass is 10.1. The Balaban J connectivity index is 2.30. The largest absolute Gasteiger partial charge is 0.444 e. The maximum absolute atomic E-state index is 11.8. The third-order valence-electron chi connectivity index (χ3n) is 2.60. The first kappa shape index (κ1) is 13.9. The van der Waals surface area contributed by atoms with Gasteiger partial charge in [-0.15, -0.1) is 6.42 Å². The third kappa shape index (κ3) is 5.10. The van der Waals surface area contributed by atoms with Crippen LogP contribution in [-0.2, 0) is 4.74 Å². The number of likely N-dealkylation sites (tertiary alicyclic amines) is 1. The molecule has 1 unspecified atom stereocenters. The Morgan fingerprint density at radius 2 is 2.29 bits per heavy atom. The zero-order chi connectivity index (χ0) is 12.9. The van der Waals surface area contributed by atoms with Crippen molar-refractivity contribution in [1.29, 1.82) is 0 Å². The van der Waals surface area contributed by atoms with Gasteiger partial charge in [0, 0.05) is 19.6 Å². The average Bonchev–Trinajstić information content (AvgIpc) is 2.64. The van der Waals surface area contributed by atoms with Gasteiger partial charge in [-0.3, -0.25) is 0 Å². The summed E-state index contributed by atoms with van der Waals surface area (Å²) < 4.78 is 5.33. The van der Waals surface area contributed by atoms with Crippen LogP contribution in [0.3, 0.4) is 0 Å². The predicted octanol–water partition coefficient (Wildman–Crippen LogP) is 1.47. The Morgan fingerprint density at radius 3 is 2.88 bits per heavy atom. The first-order valence-corrected chi connectivity index (χ1v) is 6.04. The molecule has 4 heteroatoms. The molecule has 0 radical (unpaired) electrons. The molecule has 1 aliphatic heterocycles. The minimum Gasteiger partial charge on any atom is -0.444 e. The molecule has 0 saturated carbocycles. The van der Waals surface area contributed by atoms with Crippen LogP contribution < -0.4 is 5.32 Å². The molecule has 1 amide bonds. The number of hydrogen-bond acceptors (Lipinski definition) is 3. The number of terminal acetylenes is 1. The van der Waals surface area contributed by atoms with Gasteiger partial charge in [0.15, 0.2) is 0 Å². The summed E-state index contributed by atoms with van der Waals surface area (Å²) in [4.78, 5) is 13.6. The van der Waals surface area contributed by atoms with Crippen LogP contribution in [0.5, 0.6) is 0 Å².